The zero-order valence-corrected chi connectivity index (χ0v) is 15.7. The van der Waals surface area contributed by atoms with E-state index in [2.05, 4.69) is 58.1 Å². The summed E-state index contributed by atoms with van der Waals surface area (Å²) in [5, 5.41) is 2.82. The molecule has 0 atom stereocenters. The zero-order valence-electron chi connectivity index (χ0n) is 11.0. The zero-order chi connectivity index (χ0) is 15.2. The highest BCUT2D eigenvalue weighted by atomic mass is 79.9. The molecule has 0 saturated heterocycles. The number of nitrogens with one attached hydrogen (secondary N) is 2. The smallest absolute Gasteiger partial charge is 0.224 e. The van der Waals surface area contributed by atoms with E-state index in [1.165, 1.54) is 0 Å². The minimum absolute atomic E-state index is 0.0212. The van der Waals surface area contributed by atoms with Crippen LogP contribution in [0.2, 0.25) is 0 Å². The summed E-state index contributed by atoms with van der Waals surface area (Å²) in [6, 6.07) is 5.70. The Bertz CT molecular complexity index is 592. The number of ether oxygens (including phenoxy) is 1. The van der Waals surface area contributed by atoms with Crippen LogP contribution in [0.3, 0.4) is 0 Å². The fraction of sp³-hybridized carbons (Fsp3) is 0.214. The number of halogens is 3. The maximum Gasteiger partial charge on any atom is 0.224 e. The maximum atomic E-state index is 11.7. The molecule has 0 unspecified atom stereocenters. The first-order valence-electron chi connectivity index (χ1n) is 6.22. The van der Waals surface area contributed by atoms with Gasteiger partial charge in [0.2, 0.25) is 5.91 Å². The lowest BCUT2D eigenvalue weighted by Crippen LogP contribution is -2.29. The number of amides is 1. The van der Waals surface area contributed by atoms with Crippen LogP contribution >= 0.6 is 47.8 Å². The fourth-order valence-corrected chi connectivity index (χ4v) is 4.21. The molecule has 1 aromatic carbocycles. The molecule has 1 aromatic heterocycles. The molecule has 0 spiro atoms. The van der Waals surface area contributed by atoms with Crippen LogP contribution in [0.1, 0.15) is 5.56 Å². The molecule has 2 N–H and O–H groups in total. The number of carbonyl (C=O) groups is 1. The van der Waals surface area contributed by atoms with Crippen LogP contribution in [0.25, 0.3) is 0 Å². The first kappa shape index (κ1) is 16.6. The molecule has 4 nitrogen and oxygen atoms in total. The van der Waals surface area contributed by atoms with Crippen LogP contribution in [0.5, 0.6) is 5.75 Å². The van der Waals surface area contributed by atoms with E-state index in [1.54, 1.807) is 6.20 Å². The maximum absolute atomic E-state index is 11.7. The lowest BCUT2D eigenvalue weighted by molar-refractivity contribution is -0.120. The van der Waals surface area contributed by atoms with Crippen LogP contribution in [0.4, 0.5) is 0 Å². The molecule has 2 aromatic rings. The van der Waals surface area contributed by atoms with Crippen LogP contribution < -0.4 is 10.1 Å². The highest BCUT2D eigenvalue weighted by molar-refractivity contribution is 9.11. The molecule has 0 aliphatic rings. The molecule has 1 amide bonds. The molecule has 112 valence electrons. The van der Waals surface area contributed by atoms with Crippen molar-refractivity contribution in [3.8, 4) is 5.75 Å². The van der Waals surface area contributed by atoms with Gasteiger partial charge >= 0.3 is 0 Å². The normalized spacial score (nSPS) is 10.4. The second-order valence-electron chi connectivity index (χ2n) is 4.29. The van der Waals surface area contributed by atoms with Crippen molar-refractivity contribution < 1.29 is 9.53 Å². The number of carbonyl (C=O) groups excluding carboxylic acids is 1. The molecule has 1 heterocycles. The molecule has 21 heavy (non-hydrogen) atoms. The minimum Gasteiger partial charge on any atom is -0.489 e. The molecule has 0 bridgehead atoms. The Hall–Kier alpha value is -0.790. The number of hydrogen-bond acceptors (Lipinski definition) is 2. The number of aromatic nitrogens is 1. The summed E-state index contributed by atoms with van der Waals surface area (Å²) >= 11 is 10.3. The Morgan fingerprint density at radius 2 is 1.95 bits per heavy atom. The molecule has 0 aliphatic heterocycles. The van der Waals surface area contributed by atoms with Crippen LogP contribution in [0.15, 0.2) is 44.0 Å². The molecular formula is C14H13Br3N2O2. The lowest BCUT2D eigenvalue weighted by Gasteiger charge is -2.11. The molecular weight excluding hydrogens is 468 g/mol. The average molecular weight is 481 g/mol. The van der Waals surface area contributed by atoms with E-state index in [4.69, 9.17) is 4.74 Å². The summed E-state index contributed by atoms with van der Waals surface area (Å²) in [4.78, 5) is 14.6. The Labute approximate surface area is 148 Å². The van der Waals surface area contributed by atoms with Gasteiger partial charge in [-0.15, -0.1) is 0 Å². The highest BCUT2D eigenvalue weighted by Gasteiger charge is 2.08. The molecule has 0 aliphatic carbocycles. The van der Waals surface area contributed by atoms with Crippen molar-refractivity contribution in [3.05, 3.63) is 49.6 Å². The van der Waals surface area contributed by atoms with Crippen LogP contribution in [-0.4, -0.2) is 24.0 Å². The minimum atomic E-state index is -0.0212. The Balaban J connectivity index is 1.76. The van der Waals surface area contributed by atoms with Gasteiger partial charge in [-0.2, -0.15) is 0 Å². The van der Waals surface area contributed by atoms with Gasteiger partial charge in [-0.05, 0) is 55.6 Å². The molecule has 0 radical (unpaired) electrons. The molecule has 2 rings (SSSR count). The number of benzene rings is 1. The van der Waals surface area contributed by atoms with Gasteiger partial charge < -0.3 is 15.0 Å². The van der Waals surface area contributed by atoms with Crippen molar-refractivity contribution in [1.82, 2.24) is 10.3 Å². The van der Waals surface area contributed by atoms with E-state index in [-0.39, 0.29) is 5.91 Å². The van der Waals surface area contributed by atoms with Gasteiger partial charge in [-0.3, -0.25) is 4.79 Å². The van der Waals surface area contributed by atoms with E-state index in [0.29, 0.717) is 19.6 Å². The van der Waals surface area contributed by atoms with Gasteiger partial charge in [0.05, 0.1) is 21.9 Å². The Kier molecular flexibility index (Phi) is 6.32. The van der Waals surface area contributed by atoms with E-state index in [9.17, 15) is 4.79 Å². The van der Waals surface area contributed by atoms with Gasteiger partial charge in [-0.25, -0.2) is 0 Å². The van der Waals surface area contributed by atoms with Crippen molar-refractivity contribution in [2.75, 3.05) is 13.2 Å². The molecule has 7 heteroatoms. The first-order valence-corrected chi connectivity index (χ1v) is 8.60. The summed E-state index contributed by atoms with van der Waals surface area (Å²) in [5.74, 6) is 0.699. The van der Waals surface area contributed by atoms with E-state index in [0.717, 1.165) is 24.7 Å². The van der Waals surface area contributed by atoms with Crippen LogP contribution in [0, 0.1) is 0 Å². The third kappa shape index (κ3) is 5.16. The van der Waals surface area contributed by atoms with Crippen molar-refractivity contribution >= 4 is 53.7 Å². The highest BCUT2D eigenvalue weighted by Crippen LogP contribution is 2.36. The lowest BCUT2D eigenvalue weighted by atomic mass is 10.2. The number of hydrogen-bond donors (Lipinski definition) is 2. The van der Waals surface area contributed by atoms with Crippen molar-refractivity contribution in [2.24, 2.45) is 0 Å². The molecule has 0 fully saturated rings. The topological polar surface area (TPSA) is 54.1 Å². The van der Waals surface area contributed by atoms with E-state index >= 15 is 0 Å². The summed E-state index contributed by atoms with van der Waals surface area (Å²) < 4.78 is 8.32. The van der Waals surface area contributed by atoms with Gasteiger partial charge in [0.15, 0.2) is 0 Å². The summed E-state index contributed by atoms with van der Waals surface area (Å²) in [6.07, 6.45) is 3.98. The standard InChI is InChI=1S/C14H13Br3N2O2/c15-10-6-11(16)14(12(17)7-10)21-4-3-19-13(20)5-9-1-2-18-8-9/h1-2,6-8,18H,3-5H2,(H,19,20). The van der Waals surface area contributed by atoms with Crippen LogP contribution in [-0.2, 0) is 11.2 Å². The second kappa shape index (κ2) is 8.00. The van der Waals surface area contributed by atoms with Gasteiger partial charge in [0, 0.05) is 16.9 Å². The van der Waals surface area contributed by atoms with Gasteiger partial charge in [0.25, 0.3) is 0 Å². The second-order valence-corrected chi connectivity index (χ2v) is 6.92. The number of H-pyrrole nitrogens is 1. The van der Waals surface area contributed by atoms with Gasteiger partial charge in [0.1, 0.15) is 12.4 Å². The summed E-state index contributed by atoms with van der Waals surface area (Å²) in [5.41, 5.74) is 0.965. The third-order valence-electron chi connectivity index (χ3n) is 2.66. The predicted octanol–water partition coefficient (Wildman–Crippen LogP) is 4.04. The molecule has 0 saturated carbocycles. The monoisotopic (exact) mass is 478 g/mol. The number of aromatic amines is 1. The van der Waals surface area contributed by atoms with Gasteiger partial charge in [-0.1, -0.05) is 15.9 Å². The largest absolute Gasteiger partial charge is 0.489 e. The van der Waals surface area contributed by atoms with E-state index < -0.39 is 0 Å². The van der Waals surface area contributed by atoms with Crippen molar-refractivity contribution in [1.29, 1.82) is 0 Å². The first-order chi connectivity index (χ1) is 10.1. The fourth-order valence-electron chi connectivity index (χ4n) is 1.73. The summed E-state index contributed by atoms with van der Waals surface area (Å²) in [6.45, 7) is 0.857. The number of rotatable bonds is 6. The average Bonchev–Trinajstić information content (AvgIpc) is 2.89. The van der Waals surface area contributed by atoms with Crippen molar-refractivity contribution in [3.63, 3.8) is 0 Å². The Morgan fingerprint density at radius 3 is 2.57 bits per heavy atom. The van der Waals surface area contributed by atoms with E-state index in [1.807, 2.05) is 24.4 Å². The third-order valence-corrected chi connectivity index (χ3v) is 4.30. The Morgan fingerprint density at radius 1 is 1.24 bits per heavy atom. The SMILES string of the molecule is O=C(Cc1cc[nH]c1)NCCOc1c(Br)cc(Br)cc1Br. The summed E-state index contributed by atoms with van der Waals surface area (Å²) in [7, 11) is 0. The van der Waals surface area contributed by atoms with Crippen molar-refractivity contribution in [2.45, 2.75) is 6.42 Å². The predicted molar refractivity (Wildman–Crippen MR) is 92.5 cm³/mol. The quantitative estimate of drug-likeness (QED) is 0.613.